The van der Waals surface area contributed by atoms with Crippen molar-refractivity contribution in [2.45, 2.75) is 0 Å². The van der Waals surface area contributed by atoms with Crippen LogP contribution in [0.4, 0.5) is 0 Å². The standard InChI is InChI=1S/H2NOP3/c2-5-4-1-3/h3H2. The zero-order valence-corrected chi connectivity index (χ0v) is 5.27. The molecule has 0 aromatic carbocycles. The molecule has 28 valence electrons. The average Bonchev–Trinajstić information content (AvgIpc) is 1.41. The van der Waals surface area contributed by atoms with Crippen LogP contribution in [0.3, 0.4) is 0 Å². The fraction of sp³-hybridized carbons (Fsp3) is 0. The molecule has 0 aliphatic rings. The van der Waals surface area contributed by atoms with Crippen LogP contribution >= 0.6 is 25.6 Å². The number of rotatable bonds is 1. The summed E-state index contributed by atoms with van der Waals surface area (Å²) < 4.78 is 12.8. The topological polar surface area (TPSA) is 29.4 Å². The van der Waals surface area contributed by atoms with Gasteiger partial charge in [0.25, 0.3) is 0 Å². The van der Waals surface area contributed by atoms with Gasteiger partial charge in [0.05, 0.1) is 0 Å². The van der Waals surface area contributed by atoms with Crippen LogP contribution in [0.15, 0.2) is 4.52 Å². The lowest BCUT2D eigenvalue weighted by Crippen LogP contribution is -0.920. The molecule has 0 amide bonds. The predicted molar refractivity (Wildman–Crippen MR) is 26.7 cm³/mol. The first-order valence-electron chi connectivity index (χ1n) is 0.841. The Morgan fingerprint density at radius 1 is 1.80 bits per heavy atom. The zero-order chi connectivity index (χ0) is 4.12. The van der Waals surface area contributed by atoms with Gasteiger partial charge >= 0.3 is 0 Å². The largest absolute Gasteiger partial charge is 0.263 e. The average molecular weight is 125 g/mol. The predicted octanol–water partition coefficient (Wildman–Crippen LogP) is 2.11. The molecule has 0 aliphatic heterocycles. The summed E-state index contributed by atoms with van der Waals surface area (Å²) in [6.45, 7) is 0. The van der Waals surface area contributed by atoms with Crippen molar-refractivity contribution in [1.82, 2.24) is 0 Å². The summed E-state index contributed by atoms with van der Waals surface area (Å²) in [5.41, 5.74) is 0. The second-order valence-electron chi connectivity index (χ2n) is 0.287. The molecule has 0 saturated heterocycles. The maximum Gasteiger partial charge on any atom is 0.236 e. The highest BCUT2D eigenvalue weighted by molar-refractivity contribution is 8.01. The maximum absolute atomic E-state index is 9.38. The van der Waals surface area contributed by atoms with Crippen molar-refractivity contribution in [1.29, 1.82) is 0 Å². The van der Waals surface area contributed by atoms with E-state index in [1.165, 1.54) is 0 Å². The van der Waals surface area contributed by atoms with Crippen molar-refractivity contribution in [3.63, 3.8) is 0 Å². The van der Waals surface area contributed by atoms with E-state index in [-0.39, 0.29) is 8.15 Å². The lowest BCUT2D eigenvalue weighted by atomic mass is 13.9. The smallest absolute Gasteiger partial charge is 0.236 e. The van der Waals surface area contributed by atoms with Gasteiger partial charge in [0.1, 0.15) is 8.06 Å². The Morgan fingerprint density at radius 2 is 2.40 bits per heavy atom. The molecular formula is H2NOP3. The third-order valence-corrected chi connectivity index (χ3v) is 1.72. The Labute approximate surface area is 35.6 Å². The van der Waals surface area contributed by atoms with Gasteiger partial charge in [-0.2, -0.15) is 0 Å². The van der Waals surface area contributed by atoms with Gasteiger partial charge in [0.2, 0.25) is 8.15 Å². The van der Waals surface area contributed by atoms with Gasteiger partial charge in [-0.1, -0.05) is 0 Å². The summed E-state index contributed by atoms with van der Waals surface area (Å²) >= 11 is 0. The minimum absolute atomic E-state index is 0.0644. The van der Waals surface area contributed by atoms with Crippen LogP contribution in [0.2, 0.25) is 0 Å². The van der Waals surface area contributed by atoms with Crippen LogP contribution in [-0.4, -0.2) is 0 Å². The summed E-state index contributed by atoms with van der Waals surface area (Å²) in [5, 5.41) is 0. The van der Waals surface area contributed by atoms with Crippen molar-refractivity contribution < 1.29 is 4.57 Å². The van der Waals surface area contributed by atoms with Gasteiger partial charge in [-0.25, -0.2) is 4.52 Å². The van der Waals surface area contributed by atoms with Gasteiger partial charge in [0.15, 0.2) is 0 Å². The Hall–Kier alpha value is 0.630. The van der Waals surface area contributed by atoms with Gasteiger partial charge in [0, 0.05) is 0 Å². The summed E-state index contributed by atoms with van der Waals surface area (Å²) in [6.07, 6.45) is 0. The lowest BCUT2D eigenvalue weighted by Gasteiger charge is -1.50. The van der Waals surface area contributed by atoms with E-state index >= 15 is 0 Å². The fourth-order valence-electron chi connectivity index (χ4n) is 0.0211. The van der Waals surface area contributed by atoms with Crippen molar-refractivity contribution >= 4 is 25.6 Å². The SMILES string of the molecule is O=PP=NP. The van der Waals surface area contributed by atoms with Gasteiger partial charge in [-0.05, 0) is 9.39 Å². The van der Waals surface area contributed by atoms with Crippen LogP contribution < -0.4 is 0 Å². The summed E-state index contributed by atoms with van der Waals surface area (Å²) in [4.78, 5) is 0. The summed E-state index contributed by atoms with van der Waals surface area (Å²) in [6, 6.07) is 0. The van der Waals surface area contributed by atoms with Crippen molar-refractivity contribution in [3.05, 3.63) is 0 Å². The molecule has 0 heterocycles. The van der Waals surface area contributed by atoms with E-state index < -0.39 is 0 Å². The molecule has 0 fully saturated rings. The molecule has 5 heteroatoms. The van der Waals surface area contributed by atoms with E-state index in [0.29, 0.717) is 8.06 Å². The molecule has 5 heavy (non-hydrogen) atoms. The van der Waals surface area contributed by atoms with E-state index in [0.717, 1.165) is 0 Å². The van der Waals surface area contributed by atoms with E-state index in [9.17, 15) is 4.57 Å². The molecule has 1 atom stereocenters. The molecule has 0 aromatic heterocycles. The highest BCUT2D eigenvalue weighted by Crippen LogP contribution is 2.18. The molecule has 0 aromatic rings. The Balaban J connectivity index is 2.92. The Morgan fingerprint density at radius 3 is 2.40 bits per heavy atom. The minimum atomic E-state index is 0.0644. The first-order valence-corrected chi connectivity index (χ1v) is 3.72. The Bertz CT molecular complexity index is 48.9. The minimum Gasteiger partial charge on any atom is -0.263 e. The fourth-order valence-corrected chi connectivity index (χ4v) is 0.569. The molecule has 1 unspecified atom stereocenters. The van der Waals surface area contributed by atoms with Gasteiger partial charge in [-0.3, -0.25) is 4.57 Å². The second kappa shape index (κ2) is 4.63. The van der Waals surface area contributed by atoms with Gasteiger partial charge in [-0.15, -0.1) is 0 Å². The molecule has 0 aliphatic carbocycles. The monoisotopic (exact) mass is 125 g/mol. The first kappa shape index (κ1) is 5.63. The molecule has 0 saturated carbocycles. The third-order valence-electron chi connectivity index (χ3n) is 0.0882. The maximum atomic E-state index is 9.38. The molecule has 0 bridgehead atoms. The summed E-state index contributed by atoms with van der Waals surface area (Å²) in [7, 11) is 2.75. The van der Waals surface area contributed by atoms with Crippen LogP contribution in [0, 0.1) is 0 Å². The van der Waals surface area contributed by atoms with E-state index in [1.54, 1.807) is 0 Å². The molecule has 0 spiro atoms. The second-order valence-corrected chi connectivity index (χ2v) is 2.58. The number of hydrogen-bond acceptors (Lipinski definition) is 2. The highest BCUT2D eigenvalue weighted by Gasteiger charge is 1.54. The van der Waals surface area contributed by atoms with E-state index in [2.05, 4.69) is 13.9 Å². The lowest BCUT2D eigenvalue weighted by molar-refractivity contribution is 0.605. The number of nitrogens with zero attached hydrogens (tertiary/aromatic N) is 1. The molecule has 0 N–H and O–H groups in total. The first-order chi connectivity index (χ1) is 2.41. The number of hydrogen-bond donors (Lipinski definition) is 0. The Kier molecular flexibility index (Phi) is 5.21. The van der Waals surface area contributed by atoms with E-state index in [1.807, 2.05) is 0 Å². The van der Waals surface area contributed by atoms with Crippen molar-refractivity contribution in [3.8, 4) is 0 Å². The van der Waals surface area contributed by atoms with E-state index in [4.69, 9.17) is 0 Å². The van der Waals surface area contributed by atoms with Crippen LogP contribution in [0.5, 0.6) is 0 Å². The van der Waals surface area contributed by atoms with Crippen LogP contribution in [0.1, 0.15) is 0 Å². The molecule has 0 radical (unpaired) electrons. The molecule has 2 nitrogen and oxygen atoms in total. The quantitative estimate of drug-likeness (QED) is 0.493. The van der Waals surface area contributed by atoms with Crippen molar-refractivity contribution in [2.24, 2.45) is 4.52 Å². The van der Waals surface area contributed by atoms with Crippen LogP contribution in [0.25, 0.3) is 0 Å². The van der Waals surface area contributed by atoms with Gasteiger partial charge < -0.3 is 0 Å². The molecular weight excluding hydrogens is 123 g/mol. The highest BCUT2D eigenvalue weighted by atomic mass is 32.0. The third kappa shape index (κ3) is 4.63. The van der Waals surface area contributed by atoms with Crippen molar-refractivity contribution in [2.75, 3.05) is 0 Å². The summed E-state index contributed by atoms with van der Waals surface area (Å²) in [5.74, 6) is 0. The normalized spacial score (nSPS) is 10.6. The van der Waals surface area contributed by atoms with Crippen LogP contribution in [-0.2, 0) is 4.57 Å². The zero-order valence-electron chi connectivity index (χ0n) is 2.33. The molecule has 0 rings (SSSR count).